The second kappa shape index (κ2) is 32.5. The van der Waals surface area contributed by atoms with E-state index in [1.807, 2.05) is 0 Å². The third-order valence-electron chi connectivity index (χ3n) is 9.21. The number of carboxylic acid groups (broad SMARTS) is 1. The molecule has 43 heavy (non-hydrogen) atoms. The van der Waals surface area contributed by atoms with E-state index >= 15 is 0 Å². The average molecular weight is 609 g/mol. The van der Waals surface area contributed by atoms with Crippen LogP contribution in [0, 0.1) is 0 Å². The first-order valence-corrected chi connectivity index (χ1v) is 19.2. The zero-order valence-corrected chi connectivity index (χ0v) is 29.2. The van der Waals surface area contributed by atoms with Gasteiger partial charge in [0, 0.05) is 6.42 Å². The molecule has 0 aromatic carbocycles. The van der Waals surface area contributed by atoms with Crippen molar-refractivity contribution in [2.75, 3.05) is 0 Å². The summed E-state index contributed by atoms with van der Waals surface area (Å²) in [7, 11) is 0. The van der Waals surface area contributed by atoms with Gasteiger partial charge in [-0.2, -0.15) is 0 Å². The van der Waals surface area contributed by atoms with Gasteiger partial charge in [0.2, 0.25) is 0 Å². The highest BCUT2D eigenvalue weighted by molar-refractivity contribution is 5.77. The molecule has 0 aromatic heterocycles. The number of ether oxygens (including phenoxy) is 1. The third kappa shape index (κ3) is 27.2. The molecule has 256 valence electrons. The van der Waals surface area contributed by atoms with Crippen LogP contribution in [0.25, 0.3) is 0 Å². The highest BCUT2D eigenvalue weighted by Gasteiger charge is 2.40. The molecule has 4 nitrogen and oxygen atoms in total. The second-order valence-corrected chi connectivity index (χ2v) is 13.4. The van der Waals surface area contributed by atoms with Gasteiger partial charge in [-0.25, -0.2) is 4.79 Å². The van der Waals surface area contributed by atoms with Gasteiger partial charge in [-0.15, -0.1) is 6.58 Å². The Morgan fingerprint density at radius 1 is 0.581 bits per heavy atom. The number of carboxylic acids is 1. The minimum Gasteiger partial charge on any atom is -0.479 e. The van der Waals surface area contributed by atoms with Crippen LogP contribution in [0.5, 0.6) is 0 Å². The summed E-state index contributed by atoms with van der Waals surface area (Å²) in [4.78, 5) is 12.2. The third-order valence-corrected chi connectivity index (χ3v) is 9.21. The zero-order valence-electron chi connectivity index (χ0n) is 29.2. The van der Waals surface area contributed by atoms with Crippen molar-refractivity contribution in [2.45, 2.75) is 231 Å². The Morgan fingerprint density at radius 3 is 1.19 bits per heavy atom. The lowest BCUT2D eigenvalue weighted by atomic mass is 9.91. The normalized spacial score (nSPS) is 13.7. The number of aliphatic hydroxyl groups is 1. The van der Waals surface area contributed by atoms with Crippen molar-refractivity contribution < 1.29 is 19.7 Å². The first-order chi connectivity index (χ1) is 21.0. The van der Waals surface area contributed by atoms with Crippen LogP contribution < -0.4 is 0 Å². The summed E-state index contributed by atoms with van der Waals surface area (Å²) in [5.41, 5.74) is -1.35. The minimum atomic E-state index is -1.35. The van der Waals surface area contributed by atoms with Crippen molar-refractivity contribution >= 4 is 5.97 Å². The van der Waals surface area contributed by atoms with Crippen molar-refractivity contribution in [3.05, 3.63) is 12.7 Å². The molecule has 2 unspecified atom stereocenters. The van der Waals surface area contributed by atoms with Crippen molar-refractivity contribution in [2.24, 2.45) is 0 Å². The Kier molecular flexibility index (Phi) is 31.9. The number of carbonyl (C=O) groups is 1. The molecule has 0 spiro atoms. The topological polar surface area (TPSA) is 66.8 Å². The molecule has 0 rings (SSSR count). The highest BCUT2D eigenvalue weighted by atomic mass is 16.6. The predicted octanol–water partition coefficient (Wildman–Crippen LogP) is 12.9. The van der Waals surface area contributed by atoms with E-state index in [2.05, 4.69) is 20.4 Å². The number of hydrogen-bond acceptors (Lipinski definition) is 3. The molecule has 0 saturated carbocycles. The Balaban J connectivity index is 3.90. The quantitative estimate of drug-likeness (QED) is 0.0422. The molecule has 0 aliphatic carbocycles. The molecule has 4 heteroatoms. The van der Waals surface area contributed by atoms with E-state index in [4.69, 9.17) is 4.74 Å². The number of unbranched alkanes of at least 4 members (excludes halogenated alkanes) is 27. The van der Waals surface area contributed by atoms with E-state index in [0.29, 0.717) is 12.8 Å². The number of rotatable bonds is 36. The second-order valence-electron chi connectivity index (χ2n) is 13.4. The van der Waals surface area contributed by atoms with E-state index in [1.165, 1.54) is 154 Å². The Bertz CT molecular complexity index is 592. The summed E-state index contributed by atoms with van der Waals surface area (Å²) in [6.45, 7) is 8.32. The van der Waals surface area contributed by atoms with Crippen molar-refractivity contribution in [1.29, 1.82) is 0 Å². The molecule has 0 aliphatic rings. The van der Waals surface area contributed by atoms with Gasteiger partial charge in [0.05, 0.1) is 0 Å². The van der Waals surface area contributed by atoms with Crippen LogP contribution in [-0.2, 0) is 9.53 Å². The Morgan fingerprint density at radius 2 is 0.884 bits per heavy atom. The van der Waals surface area contributed by atoms with Gasteiger partial charge in [0.1, 0.15) is 0 Å². The SMILES string of the molecule is C=CCC(CCCCCCCCCCCCCCCC)(OC(O)CCCCCCCCCCCCCCCCC)C(=O)O. The molecule has 0 bridgehead atoms. The largest absolute Gasteiger partial charge is 0.479 e. The minimum absolute atomic E-state index is 0.233. The Labute approximate surface area is 269 Å². The average Bonchev–Trinajstić information content (AvgIpc) is 2.99. The van der Waals surface area contributed by atoms with E-state index < -0.39 is 17.9 Å². The summed E-state index contributed by atoms with van der Waals surface area (Å²) in [6.07, 6.45) is 39.1. The number of hydrogen-bond donors (Lipinski definition) is 2. The summed E-state index contributed by atoms with van der Waals surface area (Å²) >= 11 is 0. The lowest BCUT2D eigenvalue weighted by Gasteiger charge is -2.31. The molecule has 2 atom stereocenters. The van der Waals surface area contributed by atoms with Gasteiger partial charge in [0.15, 0.2) is 11.9 Å². The molecule has 0 saturated heterocycles. The maximum atomic E-state index is 12.2. The highest BCUT2D eigenvalue weighted by Crippen LogP contribution is 2.28. The summed E-state index contributed by atoms with van der Waals surface area (Å²) < 4.78 is 5.86. The maximum absolute atomic E-state index is 12.2. The molecule has 0 fully saturated rings. The maximum Gasteiger partial charge on any atom is 0.336 e. The smallest absolute Gasteiger partial charge is 0.336 e. The van der Waals surface area contributed by atoms with Crippen molar-refractivity contribution in [3.8, 4) is 0 Å². The van der Waals surface area contributed by atoms with Crippen LogP contribution in [0.2, 0.25) is 0 Å². The molecule has 0 radical (unpaired) electrons. The van der Waals surface area contributed by atoms with Crippen molar-refractivity contribution in [3.63, 3.8) is 0 Å². The van der Waals surface area contributed by atoms with E-state index in [1.54, 1.807) is 6.08 Å². The first-order valence-electron chi connectivity index (χ1n) is 19.2. The number of aliphatic carboxylic acids is 1. The first kappa shape index (κ1) is 42.1. The van der Waals surface area contributed by atoms with E-state index in [9.17, 15) is 15.0 Å². The monoisotopic (exact) mass is 609 g/mol. The van der Waals surface area contributed by atoms with Crippen LogP contribution >= 0.6 is 0 Å². The fourth-order valence-electron chi connectivity index (χ4n) is 6.30. The fraction of sp³-hybridized carbons (Fsp3) is 0.923. The van der Waals surface area contributed by atoms with Crippen LogP contribution in [0.15, 0.2) is 12.7 Å². The number of aliphatic hydroxyl groups excluding tert-OH is 1. The summed E-state index contributed by atoms with van der Waals surface area (Å²) in [6, 6.07) is 0. The van der Waals surface area contributed by atoms with Gasteiger partial charge >= 0.3 is 5.97 Å². The molecular formula is C39H76O4. The van der Waals surface area contributed by atoms with Gasteiger partial charge < -0.3 is 14.9 Å². The van der Waals surface area contributed by atoms with Crippen LogP contribution in [0.1, 0.15) is 219 Å². The summed E-state index contributed by atoms with van der Waals surface area (Å²) in [5, 5.41) is 20.6. The molecule has 0 aromatic rings. The molecular weight excluding hydrogens is 532 g/mol. The van der Waals surface area contributed by atoms with E-state index in [0.717, 1.165) is 32.1 Å². The van der Waals surface area contributed by atoms with Crippen LogP contribution in [0.4, 0.5) is 0 Å². The molecule has 0 amide bonds. The molecule has 2 N–H and O–H groups in total. The van der Waals surface area contributed by atoms with Crippen molar-refractivity contribution in [1.82, 2.24) is 0 Å². The van der Waals surface area contributed by atoms with Gasteiger partial charge in [-0.3, -0.25) is 0 Å². The zero-order chi connectivity index (χ0) is 31.7. The standard InChI is InChI=1S/C39H76O4/c1-4-7-9-11-13-15-17-19-21-22-24-26-28-30-32-34-37(40)43-39(35-6-3,38(41)42)36-33-31-29-27-25-23-20-18-16-14-12-10-8-5-2/h6,37,40H,3-5,7-36H2,1-2H3,(H,41,42). The van der Waals surface area contributed by atoms with Crippen LogP contribution in [0.3, 0.4) is 0 Å². The lowest BCUT2D eigenvalue weighted by Crippen LogP contribution is -2.44. The summed E-state index contributed by atoms with van der Waals surface area (Å²) in [5.74, 6) is -0.974. The van der Waals surface area contributed by atoms with Gasteiger partial charge in [0.25, 0.3) is 0 Å². The molecule has 0 aliphatic heterocycles. The fourth-order valence-corrected chi connectivity index (χ4v) is 6.30. The van der Waals surface area contributed by atoms with Gasteiger partial charge in [-0.1, -0.05) is 193 Å². The van der Waals surface area contributed by atoms with E-state index in [-0.39, 0.29) is 6.42 Å². The Hall–Kier alpha value is -0.870. The van der Waals surface area contributed by atoms with Crippen LogP contribution in [-0.4, -0.2) is 28.1 Å². The lowest BCUT2D eigenvalue weighted by molar-refractivity contribution is -0.209. The predicted molar refractivity (Wildman–Crippen MR) is 187 cm³/mol. The van der Waals surface area contributed by atoms with Gasteiger partial charge in [-0.05, 0) is 25.7 Å². The molecule has 0 heterocycles.